The Hall–Kier alpha value is -3.25. The monoisotopic (exact) mass is 392 g/mol. The first kappa shape index (κ1) is 18.1. The third kappa shape index (κ3) is 3.87. The quantitative estimate of drug-likeness (QED) is 0.476. The van der Waals surface area contributed by atoms with Gasteiger partial charge >= 0.3 is 5.97 Å². The van der Waals surface area contributed by atoms with Gasteiger partial charge in [0.1, 0.15) is 18.3 Å². The Balaban J connectivity index is 1.63. The molecule has 2 aromatic carbocycles. The van der Waals surface area contributed by atoms with Crippen molar-refractivity contribution in [2.24, 2.45) is 0 Å². The first-order valence-electron chi connectivity index (χ1n) is 8.75. The highest BCUT2D eigenvalue weighted by Crippen LogP contribution is 2.22. The Labute approximate surface area is 166 Å². The second-order valence-corrected chi connectivity index (χ2v) is 6.73. The number of hydrogen-bond donors (Lipinski definition) is 0. The number of halogens is 1. The highest BCUT2D eigenvalue weighted by Gasteiger charge is 2.15. The van der Waals surface area contributed by atoms with Crippen molar-refractivity contribution in [3.05, 3.63) is 88.7 Å². The van der Waals surface area contributed by atoms with Crippen molar-refractivity contribution in [1.29, 1.82) is 0 Å². The molecule has 0 amide bonds. The fourth-order valence-corrected chi connectivity index (χ4v) is 3.15. The molecule has 2 heterocycles. The molecule has 0 atom stereocenters. The first-order chi connectivity index (χ1) is 13.6. The number of imidazole rings is 1. The lowest BCUT2D eigenvalue weighted by atomic mass is 10.2. The van der Waals surface area contributed by atoms with Gasteiger partial charge in [-0.1, -0.05) is 41.9 Å². The van der Waals surface area contributed by atoms with Gasteiger partial charge < -0.3 is 9.30 Å². The highest BCUT2D eigenvalue weighted by molar-refractivity contribution is 6.31. The van der Waals surface area contributed by atoms with E-state index in [9.17, 15) is 4.79 Å². The fourth-order valence-electron chi connectivity index (χ4n) is 2.98. The number of nitrogens with zero attached hydrogens (tertiary/aromatic N) is 4. The molecule has 0 saturated heterocycles. The molecule has 0 radical (unpaired) electrons. The van der Waals surface area contributed by atoms with Crippen LogP contribution in [0.1, 0.15) is 27.7 Å². The Morgan fingerprint density at radius 3 is 2.71 bits per heavy atom. The van der Waals surface area contributed by atoms with Crippen LogP contribution in [0, 0.1) is 6.92 Å². The molecule has 28 heavy (non-hydrogen) atoms. The number of aromatic nitrogens is 4. The Morgan fingerprint density at radius 1 is 1.11 bits per heavy atom. The van der Waals surface area contributed by atoms with Crippen LogP contribution in [0.5, 0.6) is 0 Å². The SMILES string of the molecule is Cc1nccc(C(=O)OCc2nc3cc(Cl)ccc3n2Cc2ccccc2)n1. The summed E-state index contributed by atoms with van der Waals surface area (Å²) in [6, 6.07) is 17.1. The van der Waals surface area contributed by atoms with Crippen molar-refractivity contribution in [2.45, 2.75) is 20.1 Å². The molecule has 0 unspecified atom stereocenters. The van der Waals surface area contributed by atoms with Crippen molar-refractivity contribution in [1.82, 2.24) is 19.5 Å². The summed E-state index contributed by atoms with van der Waals surface area (Å²) < 4.78 is 7.49. The molecule has 6 nitrogen and oxygen atoms in total. The zero-order valence-corrected chi connectivity index (χ0v) is 15.9. The van der Waals surface area contributed by atoms with Gasteiger partial charge in [-0.05, 0) is 36.8 Å². The van der Waals surface area contributed by atoms with Crippen molar-refractivity contribution >= 4 is 28.6 Å². The van der Waals surface area contributed by atoms with Gasteiger partial charge in [0.2, 0.25) is 0 Å². The average molecular weight is 393 g/mol. The van der Waals surface area contributed by atoms with Crippen LogP contribution in [0.4, 0.5) is 0 Å². The molecule has 0 aliphatic heterocycles. The maximum atomic E-state index is 12.3. The zero-order valence-electron chi connectivity index (χ0n) is 15.2. The standard InChI is InChI=1S/C21H17ClN4O2/c1-14-23-10-9-17(24-14)21(27)28-13-20-25-18-11-16(22)7-8-19(18)26(20)12-15-5-3-2-4-6-15/h2-11H,12-13H2,1H3. The topological polar surface area (TPSA) is 69.9 Å². The summed E-state index contributed by atoms with van der Waals surface area (Å²) in [6.45, 7) is 2.36. The van der Waals surface area contributed by atoms with Gasteiger partial charge in [0.15, 0.2) is 5.69 Å². The van der Waals surface area contributed by atoms with Crippen LogP contribution in [-0.2, 0) is 17.9 Å². The molecular formula is C21H17ClN4O2. The molecule has 2 aromatic heterocycles. The van der Waals surface area contributed by atoms with Crippen LogP contribution >= 0.6 is 11.6 Å². The second-order valence-electron chi connectivity index (χ2n) is 6.30. The molecule has 0 N–H and O–H groups in total. The lowest BCUT2D eigenvalue weighted by Crippen LogP contribution is -2.12. The van der Waals surface area contributed by atoms with Crippen LogP contribution in [0.3, 0.4) is 0 Å². The zero-order chi connectivity index (χ0) is 19.5. The molecule has 0 saturated carbocycles. The van der Waals surface area contributed by atoms with E-state index in [0.717, 1.165) is 16.6 Å². The smallest absolute Gasteiger partial charge is 0.357 e. The molecule has 0 spiro atoms. The lowest BCUT2D eigenvalue weighted by molar-refractivity contribution is 0.0451. The minimum Gasteiger partial charge on any atom is -0.453 e. The largest absolute Gasteiger partial charge is 0.453 e. The number of hydrogen-bond acceptors (Lipinski definition) is 5. The highest BCUT2D eigenvalue weighted by atomic mass is 35.5. The third-order valence-electron chi connectivity index (χ3n) is 4.29. The lowest BCUT2D eigenvalue weighted by Gasteiger charge is -2.10. The third-order valence-corrected chi connectivity index (χ3v) is 4.53. The van der Waals surface area contributed by atoms with E-state index in [0.29, 0.717) is 23.2 Å². The molecule has 7 heteroatoms. The summed E-state index contributed by atoms with van der Waals surface area (Å²) in [7, 11) is 0. The summed E-state index contributed by atoms with van der Waals surface area (Å²) in [5.74, 6) is 0.641. The molecule has 0 bridgehead atoms. The van der Waals surface area contributed by atoms with E-state index in [1.54, 1.807) is 13.0 Å². The van der Waals surface area contributed by atoms with Gasteiger partial charge in [0.05, 0.1) is 11.0 Å². The van der Waals surface area contributed by atoms with Crippen molar-refractivity contribution in [2.75, 3.05) is 0 Å². The number of benzene rings is 2. The van der Waals surface area contributed by atoms with Gasteiger partial charge in [-0.25, -0.2) is 19.7 Å². The van der Waals surface area contributed by atoms with E-state index >= 15 is 0 Å². The van der Waals surface area contributed by atoms with Gasteiger partial charge in [0, 0.05) is 17.8 Å². The molecule has 4 aromatic rings. The summed E-state index contributed by atoms with van der Waals surface area (Å²) in [6.07, 6.45) is 1.53. The van der Waals surface area contributed by atoms with Crippen LogP contribution in [-0.4, -0.2) is 25.5 Å². The predicted molar refractivity (Wildman–Crippen MR) is 106 cm³/mol. The van der Waals surface area contributed by atoms with Gasteiger partial charge in [-0.2, -0.15) is 0 Å². The van der Waals surface area contributed by atoms with Crippen LogP contribution in [0.25, 0.3) is 11.0 Å². The van der Waals surface area contributed by atoms with E-state index in [1.165, 1.54) is 12.3 Å². The molecule has 0 fully saturated rings. The maximum absolute atomic E-state index is 12.3. The minimum atomic E-state index is -0.512. The fraction of sp³-hybridized carbons (Fsp3) is 0.143. The number of rotatable bonds is 5. The molecule has 0 aliphatic rings. The number of aryl methyl sites for hydroxylation is 1. The molecule has 0 aliphatic carbocycles. The molecular weight excluding hydrogens is 376 g/mol. The van der Waals surface area contributed by atoms with Gasteiger partial charge in [0.25, 0.3) is 0 Å². The van der Waals surface area contributed by atoms with Crippen LogP contribution < -0.4 is 0 Å². The van der Waals surface area contributed by atoms with E-state index in [-0.39, 0.29) is 12.3 Å². The van der Waals surface area contributed by atoms with Crippen molar-refractivity contribution in [3.63, 3.8) is 0 Å². The second kappa shape index (κ2) is 7.78. The van der Waals surface area contributed by atoms with E-state index in [2.05, 4.69) is 15.0 Å². The number of carbonyl (C=O) groups excluding carboxylic acids is 1. The summed E-state index contributed by atoms with van der Waals surface area (Å²) in [4.78, 5) is 25.1. The van der Waals surface area contributed by atoms with E-state index in [4.69, 9.17) is 16.3 Å². The summed E-state index contributed by atoms with van der Waals surface area (Å²) in [5, 5.41) is 0.608. The van der Waals surface area contributed by atoms with Crippen LogP contribution in [0.15, 0.2) is 60.8 Å². The molecule has 4 rings (SSSR count). The van der Waals surface area contributed by atoms with Crippen LogP contribution in [0.2, 0.25) is 5.02 Å². The Bertz CT molecular complexity index is 1140. The van der Waals surface area contributed by atoms with E-state index < -0.39 is 5.97 Å². The predicted octanol–water partition coefficient (Wildman–Crippen LogP) is 4.19. The first-order valence-corrected chi connectivity index (χ1v) is 9.13. The Kier molecular flexibility index (Phi) is 5.04. The number of ether oxygens (including phenoxy) is 1. The number of fused-ring (bicyclic) bond motifs is 1. The van der Waals surface area contributed by atoms with Crippen molar-refractivity contribution in [3.8, 4) is 0 Å². The summed E-state index contributed by atoms with van der Waals surface area (Å²) in [5.41, 5.74) is 3.03. The maximum Gasteiger partial charge on any atom is 0.357 e. The normalized spacial score (nSPS) is 10.9. The Morgan fingerprint density at radius 2 is 1.93 bits per heavy atom. The number of esters is 1. The van der Waals surface area contributed by atoms with E-state index in [1.807, 2.05) is 47.0 Å². The minimum absolute atomic E-state index is 0.0288. The summed E-state index contributed by atoms with van der Waals surface area (Å²) >= 11 is 6.11. The molecule has 140 valence electrons. The van der Waals surface area contributed by atoms with Gasteiger partial charge in [-0.3, -0.25) is 0 Å². The number of carbonyl (C=O) groups is 1. The van der Waals surface area contributed by atoms with Gasteiger partial charge in [-0.15, -0.1) is 0 Å². The van der Waals surface area contributed by atoms with Crippen molar-refractivity contribution < 1.29 is 9.53 Å². The average Bonchev–Trinajstić information content (AvgIpc) is 3.03.